The van der Waals surface area contributed by atoms with Gasteiger partial charge in [0.1, 0.15) is 0 Å². The molecule has 1 aliphatic rings. The Labute approximate surface area is 60.5 Å². The smallest absolute Gasteiger partial charge is 0.157 e. The lowest BCUT2D eigenvalue weighted by molar-refractivity contribution is -0.0881. The number of rotatable bonds is 2. The fourth-order valence-electron chi connectivity index (χ4n) is 1.09. The Morgan fingerprint density at radius 3 is 3.10 bits per heavy atom. The Kier molecular flexibility index (Phi) is 2.67. The summed E-state index contributed by atoms with van der Waals surface area (Å²) in [4.78, 5) is 0. The van der Waals surface area contributed by atoms with E-state index >= 15 is 0 Å². The van der Waals surface area contributed by atoms with Crippen molar-refractivity contribution >= 4 is 0 Å². The Bertz CT molecular complexity index is 141. The molecule has 0 radical (unpaired) electrons. The molecule has 10 heavy (non-hydrogen) atoms. The summed E-state index contributed by atoms with van der Waals surface area (Å²) in [7, 11) is 1.62. The predicted octanol–water partition coefficient (Wildman–Crippen LogP) is 0.909. The normalized spacial score (nSPS) is 32.0. The van der Waals surface area contributed by atoms with Gasteiger partial charge in [-0.15, -0.1) is 0 Å². The summed E-state index contributed by atoms with van der Waals surface area (Å²) in [6, 6.07) is 2.12. The van der Waals surface area contributed by atoms with Gasteiger partial charge in [-0.05, 0) is 0 Å². The molecule has 1 aliphatic heterocycles. The van der Waals surface area contributed by atoms with Crippen molar-refractivity contribution < 1.29 is 9.47 Å². The van der Waals surface area contributed by atoms with Gasteiger partial charge in [0.05, 0.1) is 12.7 Å². The number of nitrogens with zero attached hydrogens (tertiary/aromatic N) is 1. The Morgan fingerprint density at radius 2 is 2.60 bits per heavy atom. The van der Waals surface area contributed by atoms with Crippen molar-refractivity contribution in [2.75, 3.05) is 13.7 Å². The van der Waals surface area contributed by atoms with Crippen LogP contribution < -0.4 is 0 Å². The van der Waals surface area contributed by atoms with E-state index in [0.717, 1.165) is 6.42 Å². The highest BCUT2D eigenvalue weighted by Gasteiger charge is 2.24. The van der Waals surface area contributed by atoms with Crippen molar-refractivity contribution in [3.8, 4) is 6.07 Å². The highest BCUT2D eigenvalue weighted by molar-refractivity contribution is 4.79. The first kappa shape index (κ1) is 7.52. The van der Waals surface area contributed by atoms with E-state index in [9.17, 15) is 0 Å². The summed E-state index contributed by atoms with van der Waals surface area (Å²) in [5, 5.41) is 8.34. The number of hydrogen-bond donors (Lipinski definition) is 0. The van der Waals surface area contributed by atoms with Gasteiger partial charge >= 0.3 is 0 Å². The zero-order chi connectivity index (χ0) is 7.40. The van der Waals surface area contributed by atoms with Crippen LogP contribution in [0, 0.1) is 17.2 Å². The van der Waals surface area contributed by atoms with Gasteiger partial charge in [0.2, 0.25) is 0 Å². The molecular weight excluding hydrogens is 130 g/mol. The van der Waals surface area contributed by atoms with Gasteiger partial charge in [-0.25, -0.2) is 0 Å². The molecule has 3 nitrogen and oxygen atoms in total. The van der Waals surface area contributed by atoms with Crippen LogP contribution in [0.5, 0.6) is 0 Å². The van der Waals surface area contributed by atoms with Crippen molar-refractivity contribution in [3.63, 3.8) is 0 Å². The van der Waals surface area contributed by atoms with Gasteiger partial charge in [-0.3, -0.25) is 0 Å². The van der Waals surface area contributed by atoms with Gasteiger partial charge in [0.25, 0.3) is 0 Å². The highest BCUT2D eigenvalue weighted by Crippen LogP contribution is 2.21. The van der Waals surface area contributed by atoms with Gasteiger partial charge in [0, 0.05) is 25.9 Å². The zero-order valence-electron chi connectivity index (χ0n) is 6.04. The maximum absolute atomic E-state index is 8.34. The molecular formula is C7H11NO2. The molecule has 1 heterocycles. The van der Waals surface area contributed by atoms with E-state index in [2.05, 4.69) is 6.07 Å². The molecule has 1 saturated heterocycles. The highest BCUT2D eigenvalue weighted by atomic mass is 16.7. The molecule has 3 heteroatoms. The molecule has 1 fully saturated rings. The van der Waals surface area contributed by atoms with E-state index in [1.54, 1.807) is 7.11 Å². The Morgan fingerprint density at radius 1 is 1.80 bits per heavy atom. The molecule has 56 valence electrons. The molecule has 0 amide bonds. The average Bonchev–Trinajstić information content (AvgIpc) is 2.37. The first-order valence-corrected chi connectivity index (χ1v) is 3.38. The summed E-state index contributed by atoms with van der Waals surface area (Å²) >= 11 is 0. The molecule has 0 saturated carbocycles. The topological polar surface area (TPSA) is 42.2 Å². The lowest BCUT2D eigenvalue weighted by Gasteiger charge is -2.03. The van der Waals surface area contributed by atoms with Crippen LogP contribution in [-0.2, 0) is 9.47 Å². The third-order valence-corrected chi connectivity index (χ3v) is 1.69. The third kappa shape index (κ3) is 1.69. The molecule has 0 N–H and O–H groups in total. The minimum absolute atomic E-state index is 0.0710. The van der Waals surface area contributed by atoms with Gasteiger partial charge < -0.3 is 9.47 Å². The fraction of sp³-hybridized carbons (Fsp3) is 0.857. The molecule has 0 aromatic rings. The fourth-order valence-corrected chi connectivity index (χ4v) is 1.09. The van der Waals surface area contributed by atoms with Crippen LogP contribution >= 0.6 is 0 Å². The number of hydrogen-bond acceptors (Lipinski definition) is 3. The summed E-state index contributed by atoms with van der Waals surface area (Å²) in [5.74, 6) is 0.384. The molecule has 0 aromatic heterocycles. The first-order chi connectivity index (χ1) is 4.86. The van der Waals surface area contributed by atoms with E-state index in [4.69, 9.17) is 14.7 Å². The average molecular weight is 141 g/mol. The molecule has 2 atom stereocenters. The van der Waals surface area contributed by atoms with Crippen molar-refractivity contribution in [2.24, 2.45) is 5.92 Å². The van der Waals surface area contributed by atoms with E-state index in [-0.39, 0.29) is 6.29 Å². The summed E-state index contributed by atoms with van der Waals surface area (Å²) < 4.78 is 10.1. The second-order valence-corrected chi connectivity index (χ2v) is 2.46. The monoisotopic (exact) mass is 141 g/mol. The second-order valence-electron chi connectivity index (χ2n) is 2.46. The maximum Gasteiger partial charge on any atom is 0.157 e. The number of methoxy groups -OCH3 is 1. The van der Waals surface area contributed by atoms with Crippen molar-refractivity contribution in [1.29, 1.82) is 5.26 Å². The molecule has 0 aliphatic carbocycles. The lowest BCUT2D eigenvalue weighted by atomic mass is 10.1. The summed E-state index contributed by atoms with van der Waals surface area (Å²) in [6.07, 6.45) is 1.38. The van der Waals surface area contributed by atoms with Gasteiger partial charge in [-0.2, -0.15) is 5.26 Å². The lowest BCUT2D eigenvalue weighted by Crippen LogP contribution is -2.06. The maximum atomic E-state index is 8.34. The SMILES string of the molecule is COC1CC(CC#N)CO1. The molecule has 0 bridgehead atoms. The van der Waals surface area contributed by atoms with Crippen molar-refractivity contribution in [1.82, 2.24) is 0 Å². The quantitative estimate of drug-likeness (QED) is 0.574. The van der Waals surface area contributed by atoms with Crippen LogP contribution in [0.25, 0.3) is 0 Å². The van der Waals surface area contributed by atoms with Gasteiger partial charge in [-0.1, -0.05) is 0 Å². The van der Waals surface area contributed by atoms with E-state index in [1.165, 1.54) is 0 Å². The summed E-state index contributed by atoms with van der Waals surface area (Å²) in [6.45, 7) is 0.673. The van der Waals surface area contributed by atoms with E-state index in [0.29, 0.717) is 18.9 Å². The minimum Gasteiger partial charge on any atom is -0.356 e. The van der Waals surface area contributed by atoms with Crippen LogP contribution in [0.4, 0.5) is 0 Å². The molecule has 0 aromatic carbocycles. The third-order valence-electron chi connectivity index (χ3n) is 1.69. The number of nitriles is 1. The van der Waals surface area contributed by atoms with Crippen molar-refractivity contribution in [3.05, 3.63) is 0 Å². The standard InChI is InChI=1S/C7H11NO2/c1-9-7-4-6(2-3-8)5-10-7/h6-7H,2,4-5H2,1H3. The van der Waals surface area contributed by atoms with Crippen LogP contribution in [0.2, 0.25) is 0 Å². The minimum atomic E-state index is -0.0710. The van der Waals surface area contributed by atoms with Crippen molar-refractivity contribution in [2.45, 2.75) is 19.1 Å². The van der Waals surface area contributed by atoms with Crippen LogP contribution in [-0.4, -0.2) is 20.0 Å². The summed E-state index contributed by atoms with van der Waals surface area (Å²) in [5.41, 5.74) is 0. The van der Waals surface area contributed by atoms with E-state index in [1.807, 2.05) is 0 Å². The molecule has 0 spiro atoms. The zero-order valence-corrected chi connectivity index (χ0v) is 6.04. The van der Waals surface area contributed by atoms with Crippen LogP contribution in [0.3, 0.4) is 0 Å². The van der Waals surface area contributed by atoms with E-state index < -0.39 is 0 Å². The molecule has 2 unspecified atom stereocenters. The largest absolute Gasteiger partial charge is 0.356 e. The van der Waals surface area contributed by atoms with Crippen LogP contribution in [0.15, 0.2) is 0 Å². The van der Waals surface area contributed by atoms with Crippen LogP contribution in [0.1, 0.15) is 12.8 Å². The second kappa shape index (κ2) is 3.55. The molecule has 1 rings (SSSR count). The van der Waals surface area contributed by atoms with Gasteiger partial charge in [0.15, 0.2) is 6.29 Å². The number of ether oxygens (including phenoxy) is 2. The Balaban J connectivity index is 2.23. The first-order valence-electron chi connectivity index (χ1n) is 3.38. The predicted molar refractivity (Wildman–Crippen MR) is 35.1 cm³/mol. The Hall–Kier alpha value is -0.590.